The fourth-order valence-electron chi connectivity index (χ4n) is 2.59. The smallest absolute Gasteiger partial charge is 0.164 e. The van der Waals surface area contributed by atoms with Crippen molar-refractivity contribution in [1.82, 2.24) is 0 Å². The lowest BCUT2D eigenvalue weighted by molar-refractivity contribution is 0.0836. The summed E-state index contributed by atoms with van der Waals surface area (Å²) in [6, 6.07) is 4.42. The van der Waals surface area contributed by atoms with Gasteiger partial charge in [-0.05, 0) is 24.3 Å². The van der Waals surface area contributed by atoms with Gasteiger partial charge in [-0.25, -0.2) is 0 Å². The summed E-state index contributed by atoms with van der Waals surface area (Å²) in [6.07, 6.45) is 3.32. The van der Waals surface area contributed by atoms with Crippen LogP contribution < -0.4 is 0 Å². The average molecular weight is 304 g/mol. The molecule has 0 radical (unpaired) electrons. The minimum absolute atomic E-state index is 0.205. The molecule has 1 aliphatic carbocycles. The number of methoxy groups -OCH3 is 1. The Kier molecular flexibility index (Phi) is 3.46. The number of aliphatic hydroxyl groups excluding tert-OH is 2. The number of aromatic hydroxyl groups is 2. The lowest BCUT2D eigenvalue weighted by Gasteiger charge is -2.32. The van der Waals surface area contributed by atoms with Crippen molar-refractivity contribution in [3.05, 3.63) is 59.3 Å². The number of aliphatic hydroxyl groups is 2. The highest BCUT2D eigenvalue weighted by atomic mass is 16.5. The Morgan fingerprint density at radius 1 is 1.09 bits per heavy atom. The molecule has 1 heterocycles. The molecule has 0 bridgehead atoms. The van der Waals surface area contributed by atoms with Gasteiger partial charge >= 0.3 is 0 Å². The molecule has 6 nitrogen and oxygen atoms in total. The largest absolute Gasteiger partial charge is 0.506 e. The molecule has 0 saturated carbocycles. The molecule has 0 saturated heterocycles. The fourth-order valence-corrected chi connectivity index (χ4v) is 2.59. The summed E-state index contributed by atoms with van der Waals surface area (Å²) in [6.45, 7) is 0. The number of benzene rings is 1. The molecule has 4 N–H and O–H groups in total. The van der Waals surface area contributed by atoms with Gasteiger partial charge in [-0.15, -0.1) is 0 Å². The van der Waals surface area contributed by atoms with Crippen molar-refractivity contribution in [3.63, 3.8) is 0 Å². The first-order valence-electron chi connectivity index (χ1n) is 6.75. The first-order chi connectivity index (χ1) is 10.5. The van der Waals surface area contributed by atoms with E-state index >= 15 is 0 Å². The van der Waals surface area contributed by atoms with Crippen molar-refractivity contribution in [2.75, 3.05) is 7.11 Å². The lowest BCUT2D eigenvalue weighted by Crippen LogP contribution is -2.26. The number of fused-ring (bicyclic) bond motifs is 1. The minimum Gasteiger partial charge on any atom is -0.506 e. The Bertz CT molecular complexity index is 688. The van der Waals surface area contributed by atoms with Crippen LogP contribution in [0.4, 0.5) is 0 Å². The first-order valence-corrected chi connectivity index (χ1v) is 6.75. The Balaban J connectivity index is 1.93. The number of hydrogen-bond donors (Lipinski definition) is 4. The molecular weight excluding hydrogens is 288 g/mol. The van der Waals surface area contributed by atoms with Crippen LogP contribution in [0.15, 0.2) is 53.7 Å². The Hall–Kier alpha value is -2.60. The van der Waals surface area contributed by atoms with E-state index in [-0.39, 0.29) is 23.0 Å². The van der Waals surface area contributed by atoms with E-state index in [9.17, 15) is 20.4 Å². The maximum absolute atomic E-state index is 9.84. The van der Waals surface area contributed by atoms with Crippen molar-refractivity contribution in [2.24, 2.45) is 5.92 Å². The summed E-state index contributed by atoms with van der Waals surface area (Å²) in [5, 5.41) is 38.6. The van der Waals surface area contributed by atoms with Gasteiger partial charge in [0, 0.05) is 5.56 Å². The highest BCUT2D eigenvalue weighted by molar-refractivity contribution is 5.43. The second-order valence-corrected chi connectivity index (χ2v) is 5.12. The molecule has 0 aromatic heterocycles. The summed E-state index contributed by atoms with van der Waals surface area (Å²) in [4.78, 5) is 0. The van der Waals surface area contributed by atoms with Gasteiger partial charge in [0.25, 0.3) is 0 Å². The normalized spacial score (nSPS) is 27.0. The van der Waals surface area contributed by atoms with Gasteiger partial charge in [0.2, 0.25) is 0 Å². The Labute approximate surface area is 126 Å². The SMILES string of the molecule is COC1=C(O)[C@@H](O)C=C2OC(c3ccc(O)c(O)c3)C=C[C@@H]21. The molecule has 2 aliphatic rings. The minimum atomic E-state index is -1.18. The summed E-state index contributed by atoms with van der Waals surface area (Å²) in [5.41, 5.74) is 0.651. The molecule has 0 spiro atoms. The predicted molar refractivity (Wildman–Crippen MR) is 77.0 cm³/mol. The van der Waals surface area contributed by atoms with E-state index in [1.54, 1.807) is 18.2 Å². The summed E-state index contributed by atoms with van der Waals surface area (Å²) in [5.74, 6) is -0.358. The van der Waals surface area contributed by atoms with Crippen LogP contribution in [0.25, 0.3) is 0 Å². The molecule has 1 aliphatic heterocycles. The van der Waals surface area contributed by atoms with Crippen LogP contribution in [0.1, 0.15) is 11.7 Å². The third-order valence-electron chi connectivity index (χ3n) is 3.73. The van der Waals surface area contributed by atoms with Crippen LogP contribution in [-0.4, -0.2) is 33.6 Å². The number of ether oxygens (including phenoxy) is 2. The molecule has 1 unspecified atom stereocenters. The topological polar surface area (TPSA) is 99.4 Å². The molecule has 22 heavy (non-hydrogen) atoms. The summed E-state index contributed by atoms with van der Waals surface area (Å²) >= 11 is 0. The van der Waals surface area contributed by atoms with E-state index in [1.807, 2.05) is 0 Å². The molecule has 6 heteroatoms. The van der Waals surface area contributed by atoms with E-state index in [0.717, 1.165) is 0 Å². The highest BCUT2D eigenvalue weighted by Crippen LogP contribution is 2.40. The van der Waals surface area contributed by atoms with Crippen LogP contribution in [0.2, 0.25) is 0 Å². The van der Waals surface area contributed by atoms with Crippen LogP contribution in [0.5, 0.6) is 11.5 Å². The first kappa shape index (κ1) is 14.3. The molecule has 0 amide bonds. The van der Waals surface area contributed by atoms with E-state index < -0.39 is 18.1 Å². The third kappa shape index (κ3) is 2.27. The van der Waals surface area contributed by atoms with E-state index in [4.69, 9.17) is 9.47 Å². The van der Waals surface area contributed by atoms with Crippen molar-refractivity contribution in [2.45, 2.75) is 12.2 Å². The second kappa shape index (κ2) is 5.31. The zero-order chi connectivity index (χ0) is 15.9. The summed E-state index contributed by atoms with van der Waals surface area (Å²) in [7, 11) is 1.42. The van der Waals surface area contributed by atoms with Gasteiger partial charge in [0.1, 0.15) is 18.0 Å². The number of rotatable bonds is 2. The van der Waals surface area contributed by atoms with Crippen molar-refractivity contribution >= 4 is 0 Å². The lowest BCUT2D eigenvalue weighted by atomic mass is 9.91. The summed E-state index contributed by atoms with van der Waals surface area (Å²) < 4.78 is 11.0. The molecule has 1 aromatic carbocycles. The molecule has 116 valence electrons. The van der Waals surface area contributed by atoms with Gasteiger partial charge in [-0.3, -0.25) is 0 Å². The Morgan fingerprint density at radius 2 is 1.86 bits per heavy atom. The molecule has 1 aromatic rings. The molecule has 3 rings (SSSR count). The van der Waals surface area contributed by atoms with E-state index in [1.165, 1.54) is 25.3 Å². The monoisotopic (exact) mass is 304 g/mol. The van der Waals surface area contributed by atoms with Gasteiger partial charge in [-0.2, -0.15) is 0 Å². The zero-order valence-corrected chi connectivity index (χ0v) is 11.8. The molecule has 0 fully saturated rings. The fraction of sp³-hybridized carbons (Fsp3) is 0.250. The van der Waals surface area contributed by atoms with Crippen molar-refractivity contribution in [1.29, 1.82) is 0 Å². The van der Waals surface area contributed by atoms with Crippen LogP contribution in [-0.2, 0) is 9.47 Å². The molecular formula is C16H16O6. The van der Waals surface area contributed by atoms with Gasteiger partial charge in [0.05, 0.1) is 13.0 Å². The maximum Gasteiger partial charge on any atom is 0.164 e. The van der Waals surface area contributed by atoms with E-state index in [0.29, 0.717) is 11.3 Å². The van der Waals surface area contributed by atoms with E-state index in [2.05, 4.69) is 0 Å². The predicted octanol–water partition coefficient (Wildman–Crippen LogP) is 2.02. The van der Waals surface area contributed by atoms with Gasteiger partial charge in [0.15, 0.2) is 23.0 Å². The van der Waals surface area contributed by atoms with Crippen LogP contribution in [0, 0.1) is 5.92 Å². The number of phenols is 2. The van der Waals surface area contributed by atoms with Gasteiger partial charge in [-0.1, -0.05) is 12.1 Å². The third-order valence-corrected chi connectivity index (χ3v) is 3.73. The standard InChI is InChI=1S/C16H16O6/c1-21-16-9-3-5-13(8-2-4-10(17)11(18)6-8)22-14(9)7-12(19)15(16)20/h2-7,9,12-13,17-20H,1H3/t9-,12-,13?/m0/s1. The van der Waals surface area contributed by atoms with Gasteiger partial charge < -0.3 is 29.9 Å². The second-order valence-electron chi connectivity index (χ2n) is 5.12. The maximum atomic E-state index is 9.84. The van der Waals surface area contributed by atoms with Crippen molar-refractivity contribution in [3.8, 4) is 11.5 Å². The van der Waals surface area contributed by atoms with Crippen LogP contribution in [0.3, 0.4) is 0 Å². The number of phenolic OH excluding ortho intramolecular Hbond substituents is 2. The average Bonchev–Trinajstić information content (AvgIpc) is 2.51. The van der Waals surface area contributed by atoms with Crippen LogP contribution >= 0.6 is 0 Å². The quantitative estimate of drug-likeness (QED) is 0.493. The Morgan fingerprint density at radius 3 is 2.55 bits per heavy atom. The zero-order valence-electron chi connectivity index (χ0n) is 11.8. The van der Waals surface area contributed by atoms with Crippen molar-refractivity contribution < 1.29 is 29.9 Å². The highest BCUT2D eigenvalue weighted by Gasteiger charge is 2.35. The number of hydrogen-bond acceptors (Lipinski definition) is 6. The molecule has 3 atom stereocenters.